The highest BCUT2D eigenvalue weighted by Crippen LogP contribution is 2.15. The molecule has 0 saturated carbocycles. The minimum Gasteiger partial charge on any atom is -0.361 e. The fourth-order valence-corrected chi connectivity index (χ4v) is 2.41. The van der Waals surface area contributed by atoms with Crippen molar-refractivity contribution in [2.45, 2.75) is 27.3 Å². The van der Waals surface area contributed by atoms with Gasteiger partial charge in [0.2, 0.25) is 0 Å². The molecule has 0 fully saturated rings. The van der Waals surface area contributed by atoms with Crippen LogP contribution in [0, 0.1) is 20.8 Å². The molecule has 3 rings (SSSR count). The molecule has 3 heterocycles. The van der Waals surface area contributed by atoms with Crippen molar-refractivity contribution >= 4 is 11.7 Å². The summed E-state index contributed by atoms with van der Waals surface area (Å²) < 4.78 is 8.42. The Labute approximate surface area is 133 Å². The van der Waals surface area contributed by atoms with Crippen LogP contribution in [0.4, 0.5) is 5.82 Å². The van der Waals surface area contributed by atoms with Gasteiger partial charge in [0.05, 0.1) is 17.9 Å². The van der Waals surface area contributed by atoms with E-state index in [0.717, 1.165) is 22.7 Å². The van der Waals surface area contributed by atoms with Crippen LogP contribution in [0.2, 0.25) is 0 Å². The number of aryl methyl sites for hydroxylation is 4. The SMILES string of the molecule is Cc1cc(C(=O)Nc2ccn(Cc3c(C)noc3C)n2)n(C)n1. The van der Waals surface area contributed by atoms with Crippen LogP contribution in [0.25, 0.3) is 0 Å². The first-order valence-corrected chi connectivity index (χ1v) is 7.21. The lowest BCUT2D eigenvalue weighted by Crippen LogP contribution is -2.16. The Kier molecular flexibility index (Phi) is 3.73. The first-order valence-electron chi connectivity index (χ1n) is 7.21. The highest BCUT2D eigenvalue weighted by molar-refractivity contribution is 6.02. The maximum atomic E-state index is 12.2. The van der Waals surface area contributed by atoms with Gasteiger partial charge in [-0.05, 0) is 26.8 Å². The maximum Gasteiger partial charge on any atom is 0.275 e. The molecule has 1 amide bonds. The molecule has 8 nitrogen and oxygen atoms in total. The third-order valence-electron chi connectivity index (χ3n) is 3.62. The van der Waals surface area contributed by atoms with E-state index in [2.05, 4.69) is 20.7 Å². The highest BCUT2D eigenvalue weighted by atomic mass is 16.5. The third-order valence-corrected chi connectivity index (χ3v) is 3.62. The predicted molar refractivity (Wildman–Crippen MR) is 83.2 cm³/mol. The van der Waals surface area contributed by atoms with E-state index in [9.17, 15) is 4.79 Å². The molecule has 0 aliphatic carbocycles. The van der Waals surface area contributed by atoms with Crippen LogP contribution >= 0.6 is 0 Å². The predicted octanol–water partition coefficient (Wildman–Crippen LogP) is 1.83. The minimum atomic E-state index is -0.240. The lowest BCUT2D eigenvalue weighted by Gasteiger charge is -2.03. The lowest BCUT2D eigenvalue weighted by atomic mass is 10.2. The van der Waals surface area contributed by atoms with Crippen molar-refractivity contribution in [2.24, 2.45) is 7.05 Å². The summed E-state index contributed by atoms with van der Waals surface area (Å²) in [6, 6.07) is 3.48. The molecule has 8 heteroatoms. The standard InChI is InChI=1S/C15H18N6O2/c1-9-7-13(20(4)17-9)15(22)16-14-5-6-21(18-14)8-12-10(2)19-23-11(12)3/h5-7H,8H2,1-4H3,(H,16,18,22). The number of anilines is 1. The average molecular weight is 314 g/mol. The van der Waals surface area contributed by atoms with Crippen molar-refractivity contribution in [3.8, 4) is 0 Å². The molecule has 3 aromatic rings. The zero-order valence-electron chi connectivity index (χ0n) is 13.5. The largest absolute Gasteiger partial charge is 0.361 e. The van der Waals surface area contributed by atoms with E-state index in [4.69, 9.17) is 4.52 Å². The Hall–Kier alpha value is -2.90. The van der Waals surface area contributed by atoms with Gasteiger partial charge in [-0.25, -0.2) is 0 Å². The number of amides is 1. The van der Waals surface area contributed by atoms with Crippen molar-refractivity contribution in [1.82, 2.24) is 24.7 Å². The van der Waals surface area contributed by atoms with Crippen LogP contribution in [0.3, 0.4) is 0 Å². The van der Waals surface area contributed by atoms with Crippen LogP contribution in [-0.4, -0.2) is 30.6 Å². The second-order valence-electron chi connectivity index (χ2n) is 5.45. The van der Waals surface area contributed by atoms with E-state index in [1.165, 1.54) is 0 Å². The van der Waals surface area contributed by atoms with E-state index in [0.29, 0.717) is 18.1 Å². The Morgan fingerprint density at radius 3 is 2.70 bits per heavy atom. The van der Waals surface area contributed by atoms with Gasteiger partial charge in [-0.2, -0.15) is 10.2 Å². The summed E-state index contributed by atoms with van der Waals surface area (Å²) in [7, 11) is 1.73. The Morgan fingerprint density at radius 1 is 1.30 bits per heavy atom. The number of hydrogen-bond acceptors (Lipinski definition) is 5. The van der Waals surface area contributed by atoms with Gasteiger partial charge in [-0.15, -0.1) is 0 Å². The summed E-state index contributed by atoms with van der Waals surface area (Å²) in [5.41, 5.74) is 3.12. The Bertz CT molecular complexity index is 838. The van der Waals surface area contributed by atoms with Crippen LogP contribution in [-0.2, 0) is 13.6 Å². The zero-order chi connectivity index (χ0) is 16.6. The van der Waals surface area contributed by atoms with Crippen LogP contribution in [0.5, 0.6) is 0 Å². The molecule has 0 spiro atoms. The fraction of sp³-hybridized carbons (Fsp3) is 0.333. The second-order valence-corrected chi connectivity index (χ2v) is 5.45. The minimum absolute atomic E-state index is 0.240. The van der Waals surface area contributed by atoms with Crippen LogP contribution in [0.15, 0.2) is 22.9 Å². The monoisotopic (exact) mass is 314 g/mol. The van der Waals surface area contributed by atoms with Gasteiger partial charge in [0.15, 0.2) is 5.82 Å². The van der Waals surface area contributed by atoms with E-state index >= 15 is 0 Å². The van der Waals surface area contributed by atoms with Crippen molar-refractivity contribution in [3.05, 3.63) is 46.7 Å². The molecule has 1 N–H and O–H groups in total. The number of carbonyl (C=O) groups excluding carboxylic acids is 1. The van der Waals surface area contributed by atoms with Gasteiger partial charge in [-0.3, -0.25) is 14.2 Å². The summed E-state index contributed by atoms with van der Waals surface area (Å²) in [6.45, 7) is 6.14. The van der Waals surface area contributed by atoms with Gasteiger partial charge in [0, 0.05) is 24.9 Å². The summed E-state index contributed by atoms with van der Waals surface area (Å²) in [5, 5.41) is 15.2. The fourth-order valence-electron chi connectivity index (χ4n) is 2.41. The molecule has 0 saturated heterocycles. The summed E-state index contributed by atoms with van der Waals surface area (Å²) in [5.74, 6) is 1.02. The second kappa shape index (κ2) is 5.71. The Balaban J connectivity index is 1.72. The number of aromatic nitrogens is 5. The summed E-state index contributed by atoms with van der Waals surface area (Å²) >= 11 is 0. The molecule has 0 aromatic carbocycles. The van der Waals surface area contributed by atoms with Gasteiger partial charge in [0.25, 0.3) is 5.91 Å². The molecule has 0 radical (unpaired) electrons. The molecule has 120 valence electrons. The first-order chi connectivity index (χ1) is 10.9. The number of nitrogens with one attached hydrogen (secondary N) is 1. The maximum absolute atomic E-state index is 12.2. The van der Waals surface area contributed by atoms with Gasteiger partial charge < -0.3 is 9.84 Å². The summed E-state index contributed by atoms with van der Waals surface area (Å²) in [6.07, 6.45) is 1.80. The van der Waals surface area contributed by atoms with Gasteiger partial charge in [-0.1, -0.05) is 5.16 Å². The van der Waals surface area contributed by atoms with E-state index in [1.807, 2.05) is 20.8 Å². The number of nitrogens with zero attached hydrogens (tertiary/aromatic N) is 5. The quantitative estimate of drug-likeness (QED) is 0.793. The van der Waals surface area contributed by atoms with Crippen molar-refractivity contribution in [2.75, 3.05) is 5.32 Å². The smallest absolute Gasteiger partial charge is 0.275 e. The normalized spacial score (nSPS) is 11.0. The molecule has 0 atom stereocenters. The van der Waals surface area contributed by atoms with Crippen LogP contribution < -0.4 is 5.32 Å². The lowest BCUT2D eigenvalue weighted by molar-refractivity contribution is 0.101. The van der Waals surface area contributed by atoms with Gasteiger partial charge >= 0.3 is 0 Å². The molecular weight excluding hydrogens is 296 g/mol. The topological polar surface area (TPSA) is 90.8 Å². The highest BCUT2D eigenvalue weighted by Gasteiger charge is 2.14. The van der Waals surface area contributed by atoms with Crippen LogP contribution in [0.1, 0.15) is 33.2 Å². The van der Waals surface area contributed by atoms with E-state index < -0.39 is 0 Å². The number of rotatable bonds is 4. The molecule has 3 aromatic heterocycles. The third kappa shape index (κ3) is 3.01. The molecular formula is C15H18N6O2. The molecule has 0 aliphatic heterocycles. The van der Waals surface area contributed by atoms with E-state index in [-0.39, 0.29) is 5.91 Å². The zero-order valence-corrected chi connectivity index (χ0v) is 13.5. The molecule has 23 heavy (non-hydrogen) atoms. The first kappa shape index (κ1) is 15.0. The van der Waals surface area contributed by atoms with Crippen molar-refractivity contribution in [1.29, 1.82) is 0 Å². The number of hydrogen-bond donors (Lipinski definition) is 1. The van der Waals surface area contributed by atoms with Crippen molar-refractivity contribution in [3.63, 3.8) is 0 Å². The van der Waals surface area contributed by atoms with E-state index in [1.54, 1.807) is 34.7 Å². The summed E-state index contributed by atoms with van der Waals surface area (Å²) in [4.78, 5) is 12.2. The van der Waals surface area contributed by atoms with Crippen molar-refractivity contribution < 1.29 is 9.32 Å². The molecule has 0 bridgehead atoms. The molecule has 0 aliphatic rings. The molecule has 0 unspecified atom stereocenters. The average Bonchev–Trinajstić information content (AvgIpc) is 3.15. The number of carbonyl (C=O) groups is 1. The Morgan fingerprint density at radius 2 is 2.09 bits per heavy atom. The van der Waals surface area contributed by atoms with Gasteiger partial charge in [0.1, 0.15) is 11.5 Å².